The lowest BCUT2D eigenvalue weighted by atomic mass is 10.0. The Kier molecular flexibility index (Phi) is 5.86. The maximum absolute atomic E-state index is 11.9. The average Bonchev–Trinajstić information content (AvgIpc) is 2.33. The molecule has 0 aliphatic rings. The van der Waals surface area contributed by atoms with Gasteiger partial charge in [-0.1, -0.05) is 29.8 Å². The summed E-state index contributed by atoms with van der Waals surface area (Å²) >= 11 is 3.33. The predicted octanol–water partition coefficient (Wildman–Crippen LogP) is 3.63. The summed E-state index contributed by atoms with van der Waals surface area (Å²) in [5.41, 5.74) is 0.878. The smallest absolute Gasteiger partial charge is 0.405 e. The molecule has 7 heteroatoms. The van der Waals surface area contributed by atoms with E-state index >= 15 is 0 Å². The summed E-state index contributed by atoms with van der Waals surface area (Å²) in [7, 11) is 0. The SMILES string of the molecule is CC(C)c1cc(Br)ccc1OCC(=O)NCC(F)(F)F. The number of halogens is 4. The van der Waals surface area contributed by atoms with Gasteiger partial charge >= 0.3 is 6.18 Å². The van der Waals surface area contributed by atoms with Gasteiger partial charge in [-0.25, -0.2) is 0 Å². The number of nitrogens with one attached hydrogen (secondary N) is 1. The Labute approximate surface area is 123 Å². The molecular formula is C13H15BrF3NO2. The monoisotopic (exact) mass is 353 g/mol. The van der Waals surface area contributed by atoms with E-state index in [1.165, 1.54) is 0 Å². The van der Waals surface area contributed by atoms with Crippen molar-refractivity contribution in [2.75, 3.05) is 13.2 Å². The van der Waals surface area contributed by atoms with Gasteiger partial charge in [0, 0.05) is 4.47 Å². The Balaban J connectivity index is 2.59. The zero-order chi connectivity index (χ0) is 15.3. The summed E-state index contributed by atoms with van der Waals surface area (Å²) in [6.07, 6.45) is -4.42. The fraction of sp³-hybridized carbons (Fsp3) is 0.462. The molecule has 0 atom stereocenters. The minimum atomic E-state index is -4.42. The van der Waals surface area contributed by atoms with Crippen LogP contribution >= 0.6 is 15.9 Å². The molecule has 0 radical (unpaired) electrons. The van der Waals surface area contributed by atoms with Crippen molar-refractivity contribution in [1.29, 1.82) is 0 Å². The zero-order valence-electron chi connectivity index (χ0n) is 11.1. The standard InChI is InChI=1S/C13H15BrF3NO2/c1-8(2)10-5-9(14)3-4-11(10)20-6-12(19)18-7-13(15,16)17/h3-5,8H,6-7H2,1-2H3,(H,18,19). The molecule has 0 bridgehead atoms. The number of benzene rings is 1. The number of alkyl halides is 3. The number of carbonyl (C=O) groups excluding carboxylic acids is 1. The second-order valence-electron chi connectivity index (χ2n) is 4.52. The molecule has 0 aliphatic heterocycles. The van der Waals surface area contributed by atoms with Crippen LogP contribution in [0.25, 0.3) is 0 Å². The van der Waals surface area contributed by atoms with Crippen molar-refractivity contribution in [3.05, 3.63) is 28.2 Å². The Morgan fingerprint density at radius 1 is 1.40 bits per heavy atom. The van der Waals surface area contributed by atoms with Gasteiger partial charge in [-0.3, -0.25) is 4.79 Å². The highest BCUT2D eigenvalue weighted by molar-refractivity contribution is 9.10. The van der Waals surface area contributed by atoms with Crippen LogP contribution in [-0.2, 0) is 4.79 Å². The summed E-state index contributed by atoms with van der Waals surface area (Å²) in [5.74, 6) is -0.147. The summed E-state index contributed by atoms with van der Waals surface area (Å²) < 4.78 is 41.9. The lowest BCUT2D eigenvalue weighted by molar-refractivity contribution is -0.139. The third-order valence-corrected chi connectivity index (χ3v) is 2.93. The molecular weight excluding hydrogens is 339 g/mol. The first-order chi connectivity index (χ1) is 9.19. The van der Waals surface area contributed by atoms with Gasteiger partial charge in [0.25, 0.3) is 5.91 Å². The maximum atomic E-state index is 11.9. The van der Waals surface area contributed by atoms with Crippen LogP contribution in [0, 0.1) is 0 Å². The molecule has 1 N–H and O–H groups in total. The van der Waals surface area contributed by atoms with Gasteiger partial charge in [0.1, 0.15) is 12.3 Å². The van der Waals surface area contributed by atoms with Gasteiger partial charge < -0.3 is 10.1 Å². The van der Waals surface area contributed by atoms with Crippen molar-refractivity contribution in [2.24, 2.45) is 0 Å². The molecule has 0 fully saturated rings. The van der Waals surface area contributed by atoms with Crippen LogP contribution in [0.2, 0.25) is 0 Å². The van der Waals surface area contributed by atoms with Crippen molar-refractivity contribution in [1.82, 2.24) is 5.32 Å². The van der Waals surface area contributed by atoms with Gasteiger partial charge in [0.15, 0.2) is 6.61 Å². The van der Waals surface area contributed by atoms with Crippen LogP contribution in [0.15, 0.2) is 22.7 Å². The highest BCUT2D eigenvalue weighted by atomic mass is 79.9. The first-order valence-corrected chi connectivity index (χ1v) is 6.74. The summed E-state index contributed by atoms with van der Waals surface area (Å²) in [4.78, 5) is 11.3. The first kappa shape index (κ1) is 16.8. The molecule has 0 saturated carbocycles. The van der Waals surface area contributed by atoms with Gasteiger partial charge in [0.05, 0.1) is 0 Å². The van der Waals surface area contributed by atoms with Crippen LogP contribution < -0.4 is 10.1 Å². The fourth-order valence-corrected chi connectivity index (χ4v) is 1.87. The molecule has 20 heavy (non-hydrogen) atoms. The minimum Gasteiger partial charge on any atom is -0.483 e. The lowest BCUT2D eigenvalue weighted by Gasteiger charge is -2.14. The molecule has 0 aliphatic carbocycles. The molecule has 112 valence electrons. The number of hydrogen-bond acceptors (Lipinski definition) is 2. The van der Waals surface area contributed by atoms with Crippen LogP contribution in [0.5, 0.6) is 5.75 Å². The van der Waals surface area contributed by atoms with Crippen LogP contribution in [0.3, 0.4) is 0 Å². The second kappa shape index (κ2) is 6.97. The van der Waals surface area contributed by atoms with E-state index in [0.717, 1.165) is 10.0 Å². The van der Waals surface area contributed by atoms with E-state index in [-0.39, 0.29) is 5.92 Å². The third kappa shape index (κ3) is 5.81. The maximum Gasteiger partial charge on any atom is 0.405 e. The molecule has 1 aromatic carbocycles. The number of rotatable bonds is 5. The Morgan fingerprint density at radius 2 is 2.05 bits per heavy atom. The third-order valence-electron chi connectivity index (χ3n) is 2.44. The molecule has 1 rings (SSSR count). The molecule has 0 spiro atoms. The average molecular weight is 354 g/mol. The quantitative estimate of drug-likeness (QED) is 0.877. The number of ether oxygens (including phenoxy) is 1. The van der Waals surface area contributed by atoms with Crippen LogP contribution in [0.4, 0.5) is 13.2 Å². The Morgan fingerprint density at radius 3 is 2.60 bits per heavy atom. The van der Waals surface area contributed by atoms with Gasteiger partial charge in [-0.2, -0.15) is 13.2 Å². The van der Waals surface area contributed by atoms with E-state index in [4.69, 9.17) is 4.74 Å². The molecule has 0 saturated heterocycles. The molecule has 1 amide bonds. The topological polar surface area (TPSA) is 38.3 Å². The summed E-state index contributed by atoms with van der Waals surface area (Å²) in [5, 5.41) is 1.75. The van der Waals surface area contributed by atoms with E-state index in [1.54, 1.807) is 17.4 Å². The van der Waals surface area contributed by atoms with Crippen molar-refractivity contribution < 1.29 is 22.7 Å². The van der Waals surface area contributed by atoms with E-state index in [2.05, 4.69) is 15.9 Å². The number of amides is 1. The molecule has 0 unspecified atom stereocenters. The second-order valence-corrected chi connectivity index (χ2v) is 5.43. The summed E-state index contributed by atoms with van der Waals surface area (Å²) in [6, 6.07) is 5.28. The van der Waals surface area contributed by atoms with E-state index in [1.807, 2.05) is 19.9 Å². The van der Waals surface area contributed by atoms with Crippen molar-refractivity contribution in [2.45, 2.75) is 25.9 Å². The normalized spacial score (nSPS) is 11.6. The van der Waals surface area contributed by atoms with Crippen molar-refractivity contribution in [3.63, 3.8) is 0 Å². The largest absolute Gasteiger partial charge is 0.483 e. The van der Waals surface area contributed by atoms with Crippen molar-refractivity contribution >= 4 is 21.8 Å². The Bertz CT molecular complexity index is 475. The zero-order valence-corrected chi connectivity index (χ0v) is 12.6. The van der Waals surface area contributed by atoms with Crippen LogP contribution in [0.1, 0.15) is 25.3 Å². The summed E-state index contributed by atoms with van der Waals surface area (Å²) in [6.45, 7) is 2.11. The van der Waals surface area contributed by atoms with Gasteiger partial charge in [-0.05, 0) is 29.7 Å². The fourth-order valence-electron chi connectivity index (χ4n) is 1.50. The first-order valence-electron chi connectivity index (χ1n) is 5.94. The van der Waals surface area contributed by atoms with Gasteiger partial charge in [-0.15, -0.1) is 0 Å². The van der Waals surface area contributed by atoms with E-state index in [0.29, 0.717) is 5.75 Å². The van der Waals surface area contributed by atoms with E-state index in [9.17, 15) is 18.0 Å². The predicted molar refractivity (Wildman–Crippen MR) is 72.8 cm³/mol. The van der Waals surface area contributed by atoms with Crippen LogP contribution in [-0.4, -0.2) is 25.2 Å². The lowest BCUT2D eigenvalue weighted by Crippen LogP contribution is -2.36. The highest BCUT2D eigenvalue weighted by Crippen LogP contribution is 2.29. The molecule has 0 heterocycles. The molecule has 3 nitrogen and oxygen atoms in total. The molecule has 1 aromatic rings. The van der Waals surface area contributed by atoms with E-state index < -0.39 is 25.2 Å². The minimum absolute atomic E-state index is 0.167. The van der Waals surface area contributed by atoms with Gasteiger partial charge in [0.2, 0.25) is 0 Å². The Hall–Kier alpha value is -1.24. The highest BCUT2D eigenvalue weighted by Gasteiger charge is 2.27. The number of carbonyl (C=O) groups is 1. The van der Waals surface area contributed by atoms with Crippen molar-refractivity contribution in [3.8, 4) is 5.75 Å². The number of hydrogen-bond donors (Lipinski definition) is 1. The molecule has 0 aromatic heterocycles.